The molecule has 0 amide bonds. The monoisotopic (exact) mass is 146 g/mol. The Hall–Kier alpha value is -1.25. The van der Waals surface area contributed by atoms with E-state index in [0.717, 1.165) is 11.2 Å². The van der Waals surface area contributed by atoms with Gasteiger partial charge in [-0.3, -0.25) is 0 Å². The van der Waals surface area contributed by atoms with Gasteiger partial charge in [-0.1, -0.05) is 30.3 Å². The highest BCUT2D eigenvalue weighted by Crippen LogP contribution is 1.97. The summed E-state index contributed by atoms with van der Waals surface area (Å²) in [6, 6.07) is 10.1. The maximum Gasteiger partial charge on any atom is 0.167 e. The van der Waals surface area contributed by atoms with E-state index in [4.69, 9.17) is 0 Å². The molecule has 0 aliphatic rings. The summed E-state index contributed by atoms with van der Waals surface area (Å²) in [6.07, 6.45) is 0. The molecule has 0 bridgehead atoms. The molecule has 0 radical (unpaired) electrons. The topological polar surface area (TPSA) is 24.4 Å². The van der Waals surface area contributed by atoms with Gasteiger partial charge in [-0.05, 0) is 5.56 Å². The van der Waals surface area contributed by atoms with Crippen molar-refractivity contribution in [2.75, 3.05) is 7.05 Å². The number of benzene rings is 1. The van der Waals surface area contributed by atoms with Crippen molar-refractivity contribution in [3.05, 3.63) is 35.9 Å². The Morgan fingerprint density at radius 3 is 2.55 bits per heavy atom. The van der Waals surface area contributed by atoms with Gasteiger partial charge in [0.25, 0.3) is 0 Å². The Bertz CT molecular complexity index is 244. The Kier molecular flexibility index (Phi) is 2.72. The quantitative estimate of drug-likeness (QED) is 0.359. The van der Waals surface area contributed by atoms with Crippen LogP contribution in [0, 0.1) is 0 Å². The molecule has 0 aromatic heterocycles. The van der Waals surface area contributed by atoms with Gasteiger partial charge in [0.2, 0.25) is 0 Å². The Morgan fingerprint density at radius 2 is 2.00 bits per heavy atom. The molecule has 3 heteroatoms. The van der Waals surface area contributed by atoms with Crippen molar-refractivity contribution in [3.63, 3.8) is 0 Å². The summed E-state index contributed by atoms with van der Waals surface area (Å²) in [5.74, 6) is 0. The van der Waals surface area contributed by atoms with E-state index in [1.165, 1.54) is 0 Å². The molecule has 0 saturated carbocycles. The smallest absolute Gasteiger partial charge is 0.167 e. The van der Waals surface area contributed by atoms with Crippen LogP contribution in [0.1, 0.15) is 5.56 Å². The fourth-order valence-electron chi connectivity index (χ4n) is 0.912. The van der Waals surface area contributed by atoms with Gasteiger partial charge in [0, 0.05) is 12.7 Å². The van der Waals surface area contributed by atoms with Crippen LogP contribution >= 0.6 is 0 Å². The third-order valence-electron chi connectivity index (χ3n) is 1.47. The Labute approximate surface area is 67.7 Å². The molecule has 2 nitrogen and oxygen atoms in total. The van der Waals surface area contributed by atoms with Gasteiger partial charge in [0.15, 0.2) is 7.85 Å². The summed E-state index contributed by atoms with van der Waals surface area (Å²) >= 11 is 0. The largest absolute Gasteiger partial charge is 0.314 e. The van der Waals surface area contributed by atoms with Crippen LogP contribution in [-0.4, -0.2) is 20.5 Å². The standard InChI is InChI=1S/C8H11BN2/c1-10-11-8(9)7-5-3-2-4-6-7/h2-6,10H,9H2,1H3/b11-8-. The number of nitrogens with zero attached hydrogens (tertiary/aromatic N) is 1. The molecular formula is C8H11BN2. The molecule has 0 spiro atoms. The molecule has 0 aliphatic heterocycles. The second kappa shape index (κ2) is 3.81. The lowest BCUT2D eigenvalue weighted by atomic mass is 9.94. The molecule has 0 atom stereocenters. The van der Waals surface area contributed by atoms with Crippen LogP contribution in [0.4, 0.5) is 0 Å². The molecule has 1 N–H and O–H groups in total. The second-order valence-corrected chi connectivity index (χ2v) is 2.29. The van der Waals surface area contributed by atoms with Gasteiger partial charge >= 0.3 is 0 Å². The number of hydrazone groups is 1. The zero-order valence-corrected chi connectivity index (χ0v) is 6.83. The van der Waals surface area contributed by atoms with Crippen molar-refractivity contribution >= 4 is 13.5 Å². The van der Waals surface area contributed by atoms with Gasteiger partial charge in [-0.2, -0.15) is 5.10 Å². The molecule has 11 heavy (non-hydrogen) atoms. The van der Waals surface area contributed by atoms with Crippen LogP contribution in [0.15, 0.2) is 35.4 Å². The molecule has 0 fully saturated rings. The van der Waals surface area contributed by atoms with Gasteiger partial charge in [0.1, 0.15) is 0 Å². The van der Waals surface area contributed by atoms with Crippen molar-refractivity contribution in [2.45, 2.75) is 0 Å². The average molecular weight is 146 g/mol. The van der Waals surface area contributed by atoms with Crippen molar-refractivity contribution < 1.29 is 0 Å². The van der Waals surface area contributed by atoms with Crippen LogP contribution in [0.2, 0.25) is 0 Å². The van der Waals surface area contributed by atoms with E-state index in [0.29, 0.717) is 0 Å². The minimum atomic E-state index is 1.01. The molecule has 0 aliphatic carbocycles. The molecule has 1 rings (SSSR count). The lowest BCUT2D eigenvalue weighted by molar-refractivity contribution is 0.905. The lowest BCUT2D eigenvalue weighted by Gasteiger charge is -1.98. The maximum atomic E-state index is 4.06. The minimum Gasteiger partial charge on any atom is -0.314 e. The van der Waals surface area contributed by atoms with Gasteiger partial charge in [0.05, 0.1) is 0 Å². The molecule has 0 saturated heterocycles. The summed E-state index contributed by atoms with van der Waals surface area (Å²) in [5, 5.41) is 4.06. The molecule has 0 unspecified atom stereocenters. The van der Waals surface area contributed by atoms with Crippen LogP contribution in [0.25, 0.3) is 0 Å². The zero-order chi connectivity index (χ0) is 8.10. The number of hydrogen-bond acceptors (Lipinski definition) is 2. The molecular weight excluding hydrogens is 135 g/mol. The zero-order valence-electron chi connectivity index (χ0n) is 6.83. The molecule has 1 aromatic carbocycles. The van der Waals surface area contributed by atoms with E-state index in [1.807, 2.05) is 38.2 Å². The van der Waals surface area contributed by atoms with E-state index in [2.05, 4.69) is 10.5 Å². The van der Waals surface area contributed by atoms with E-state index in [1.54, 1.807) is 7.05 Å². The van der Waals surface area contributed by atoms with Crippen molar-refractivity contribution in [2.24, 2.45) is 5.10 Å². The van der Waals surface area contributed by atoms with E-state index < -0.39 is 0 Å². The SMILES string of the molecule is B/C(=N\NC)c1ccccc1. The summed E-state index contributed by atoms with van der Waals surface area (Å²) in [4.78, 5) is 0. The minimum absolute atomic E-state index is 1.01. The van der Waals surface area contributed by atoms with E-state index in [-0.39, 0.29) is 0 Å². The first kappa shape index (κ1) is 7.86. The number of nitrogens with one attached hydrogen (secondary N) is 1. The molecule has 56 valence electrons. The summed E-state index contributed by atoms with van der Waals surface area (Å²) in [6.45, 7) is 0. The van der Waals surface area contributed by atoms with Crippen LogP contribution in [0.5, 0.6) is 0 Å². The Morgan fingerprint density at radius 1 is 1.36 bits per heavy atom. The van der Waals surface area contributed by atoms with Gasteiger partial charge < -0.3 is 5.43 Å². The third kappa shape index (κ3) is 2.11. The second-order valence-electron chi connectivity index (χ2n) is 2.29. The van der Waals surface area contributed by atoms with Crippen LogP contribution < -0.4 is 5.43 Å². The van der Waals surface area contributed by atoms with Gasteiger partial charge in [-0.15, -0.1) is 0 Å². The highest BCUT2D eigenvalue weighted by molar-refractivity contribution is 6.64. The first-order valence-corrected chi connectivity index (χ1v) is 3.61. The normalized spacial score (nSPS) is 11.2. The van der Waals surface area contributed by atoms with Crippen molar-refractivity contribution in [1.82, 2.24) is 5.43 Å². The summed E-state index contributed by atoms with van der Waals surface area (Å²) in [5.41, 5.74) is 4.92. The van der Waals surface area contributed by atoms with Crippen LogP contribution in [-0.2, 0) is 0 Å². The Balaban J connectivity index is 2.85. The number of rotatable bonds is 2. The van der Waals surface area contributed by atoms with E-state index in [9.17, 15) is 0 Å². The van der Waals surface area contributed by atoms with E-state index >= 15 is 0 Å². The molecule has 0 heterocycles. The maximum absolute atomic E-state index is 4.06. The lowest BCUT2D eigenvalue weighted by Crippen LogP contribution is -2.06. The summed E-state index contributed by atoms with van der Waals surface area (Å²) in [7, 11) is 3.78. The van der Waals surface area contributed by atoms with Crippen molar-refractivity contribution in [1.29, 1.82) is 0 Å². The fraction of sp³-hybridized carbons (Fsp3) is 0.125. The first-order chi connectivity index (χ1) is 5.34. The highest BCUT2D eigenvalue weighted by Gasteiger charge is 1.92. The van der Waals surface area contributed by atoms with Gasteiger partial charge in [-0.25, -0.2) is 0 Å². The third-order valence-corrected chi connectivity index (χ3v) is 1.47. The van der Waals surface area contributed by atoms with Crippen molar-refractivity contribution in [3.8, 4) is 0 Å². The predicted octanol–water partition coefficient (Wildman–Crippen LogP) is 0.201. The fourth-order valence-corrected chi connectivity index (χ4v) is 0.912. The molecule has 1 aromatic rings. The summed E-state index contributed by atoms with van der Waals surface area (Å²) < 4.78 is 0. The van der Waals surface area contributed by atoms with Crippen LogP contribution in [0.3, 0.4) is 0 Å². The first-order valence-electron chi connectivity index (χ1n) is 3.61. The highest BCUT2D eigenvalue weighted by atomic mass is 15.3. The predicted molar refractivity (Wildman–Crippen MR) is 50.6 cm³/mol. The number of hydrogen-bond donors (Lipinski definition) is 1. The average Bonchev–Trinajstić information content (AvgIpc) is 2.07.